The van der Waals surface area contributed by atoms with Crippen molar-refractivity contribution in [1.29, 1.82) is 0 Å². The average molecular weight is 295 g/mol. The molecule has 2 heterocycles. The summed E-state index contributed by atoms with van der Waals surface area (Å²) in [5.41, 5.74) is 2.34. The molecule has 0 saturated heterocycles. The molecule has 22 heavy (non-hydrogen) atoms. The molecule has 1 aliphatic heterocycles. The maximum atomic E-state index is 12.1. The van der Waals surface area contributed by atoms with Crippen molar-refractivity contribution < 1.29 is 9.59 Å². The van der Waals surface area contributed by atoms with E-state index in [0.717, 1.165) is 5.56 Å². The monoisotopic (exact) mass is 295 g/mol. The molecule has 1 N–H and O–H groups in total. The van der Waals surface area contributed by atoms with E-state index in [1.54, 1.807) is 30.5 Å². The van der Waals surface area contributed by atoms with E-state index in [9.17, 15) is 9.59 Å². The summed E-state index contributed by atoms with van der Waals surface area (Å²) >= 11 is 0. The zero-order valence-corrected chi connectivity index (χ0v) is 12.8. The van der Waals surface area contributed by atoms with Crippen molar-refractivity contribution in [3.8, 4) is 0 Å². The normalized spacial score (nSPS) is 16.6. The molecule has 0 atom stereocenters. The molecule has 1 aromatic carbocycles. The van der Waals surface area contributed by atoms with Crippen LogP contribution in [0.5, 0.6) is 0 Å². The minimum atomic E-state index is -0.382. The Morgan fingerprint density at radius 2 is 1.77 bits per heavy atom. The number of hydrogen-bond donors (Lipinski definition) is 1. The highest BCUT2D eigenvalue weighted by Gasteiger charge is 2.26. The number of rotatable bonds is 1. The van der Waals surface area contributed by atoms with Crippen LogP contribution in [0.15, 0.2) is 36.7 Å². The van der Waals surface area contributed by atoms with Gasteiger partial charge in [-0.05, 0) is 38.5 Å². The second-order valence-corrected chi connectivity index (χ2v) is 6.28. The van der Waals surface area contributed by atoms with Crippen molar-refractivity contribution in [3.63, 3.8) is 0 Å². The van der Waals surface area contributed by atoms with Crippen LogP contribution < -0.4 is 5.32 Å². The lowest BCUT2D eigenvalue weighted by Gasteiger charge is -2.19. The third kappa shape index (κ3) is 2.45. The summed E-state index contributed by atoms with van der Waals surface area (Å²) in [5, 5.41) is 6.69. The Bertz CT molecular complexity index is 794. The summed E-state index contributed by atoms with van der Waals surface area (Å²) < 4.78 is 1.84. The first-order valence-electron chi connectivity index (χ1n) is 7.08. The molecule has 112 valence electrons. The van der Waals surface area contributed by atoms with Crippen LogP contribution in [0.4, 0.5) is 0 Å². The molecular weight excluding hydrogens is 278 g/mol. The Morgan fingerprint density at radius 1 is 1.09 bits per heavy atom. The number of aromatic nitrogens is 2. The van der Waals surface area contributed by atoms with Gasteiger partial charge in [-0.25, -0.2) is 0 Å². The molecular formula is C17H17N3O2. The summed E-state index contributed by atoms with van der Waals surface area (Å²) in [5.74, 6) is -0.740. The predicted molar refractivity (Wildman–Crippen MR) is 84.0 cm³/mol. The van der Waals surface area contributed by atoms with Gasteiger partial charge < -0.3 is 0 Å². The SMILES string of the molecule is CC(C)(C)n1cc(C=C2C(=O)NC(=O)c3ccccc32)cn1. The van der Waals surface area contributed by atoms with Crippen molar-refractivity contribution in [2.24, 2.45) is 0 Å². The quantitative estimate of drug-likeness (QED) is 0.649. The molecule has 5 nitrogen and oxygen atoms in total. The van der Waals surface area contributed by atoms with Gasteiger partial charge in [0.1, 0.15) is 0 Å². The molecule has 3 rings (SSSR count). The topological polar surface area (TPSA) is 64.0 Å². The van der Waals surface area contributed by atoms with Gasteiger partial charge in [-0.15, -0.1) is 0 Å². The molecule has 0 bridgehead atoms. The third-order valence-electron chi connectivity index (χ3n) is 3.53. The smallest absolute Gasteiger partial charge is 0.258 e. The lowest BCUT2D eigenvalue weighted by atomic mass is 9.94. The summed E-state index contributed by atoms with van der Waals surface area (Å²) in [6.07, 6.45) is 5.36. The van der Waals surface area contributed by atoms with E-state index in [2.05, 4.69) is 31.2 Å². The van der Waals surface area contributed by atoms with Crippen LogP contribution in [-0.4, -0.2) is 21.6 Å². The fraction of sp³-hybridized carbons (Fsp3) is 0.235. The van der Waals surface area contributed by atoms with Crippen molar-refractivity contribution in [2.75, 3.05) is 0 Å². The maximum absolute atomic E-state index is 12.1. The second kappa shape index (κ2) is 4.94. The molecule has 0 fully saturated rings. The van der Waals surface area contributed by atoms with E-state index in [0.29, 0.717) is 16.7 Å². The molecule has 2 amide bonds. The number of nitrogens with zero attached hydrogens (tertiary/aromatic N) is 2. The van der Waals surface area contributed by atoms with Crippen LogP contribution in [-0.2, 0) is 10.3 Å². The van der Waals surface area contributed by atoms with Crippen molar-refractivity contribution in [3.05, 3.63) is 53.3 Å². The Hall–Kier alpha value is -2.69. The van der Waals surface area contributed by atoms with E-state index in [4.69, 9.17) is 0 Å². The van der Waals surface area contributed by atoms with Gasteiger partial charge in [0.25, 0.3) is 11.8 Å². The highest BCUT2D eigenvalue weighted by Crippen LogP contribution is 2.26. The predicted octanol–water partition coefficient (Wildman–Crippen LogP) is 2.45. The fourth-order valence-electron chi connectivity index (χ4n) is 2.36. The Balaban J connectivity index is 2.07. The van der Waals surface area contributed by atoms with Gasteiger partial charge in [0, 0.05) is 22.9 Å². The van der Waals surface area contributed by atoms with Crippen LogP contribution in [0.1, 0.15) is 42.3 Å². The molecule has 0 saturated carbocycles. The van der Waals surface area contributed by atoms with Crippen molar-refractivity contribution in [2.45, 2.75) is 26.3 Å². The van der Waals surface area contributed by atoms with Crippen LogP contribution >= 0.6 is 0 Å². The number of imide groups is 1. The highest BCUT2D eigenvalue weighted by atomic mass is 16.2. The standard InChI is InChI=1S/C17H17N3O2/c1-17(2,3)20-10-11(9-18-20)8-14-12-6-4-5-7-13(12)15(21)19-16(14)22/h4-10H,1-3H3,(H,19,21,22). The second-order valence-electron chi connectivity index (χ2n) is 6.28. The van der Waals surface area contributed by atoms with E-state index < -0.39 is 0 Å². The molecule has 0 aliphatic carbocycles. The summed E-state index contributed by atoms with van der Waals surface area (Å²) in [6.45, 7) is 6.16. The Kier molecular flexibility index (Phi) is 3.20. The first kappa shape index (κ1) is 14.3. The maximum Gasteiger partial charge on any atom is 0.258 e. The lowest BCUT2D eigenvalue weighted by molar-refractivity contribution is -0.114. The number of nitrogens with one attached hydrogen (secondary N) is 1. The number of hydrogen-bond acceptors (Lipinski definition) is 3. The summed E-state index contributed by atoms with van der Waals surface area (Å²) in [4.78, 5) is 24.0. The summed E-state index contributed by atoms with van der Waals surface area (Å²) in [6, 6.07) is 7.09. The largest absolute Gasteiger partial charge is 0.288 e. The van der Waals surface area contributed by atoms with Gasteiger partial charge in [-0.2, -0.15) is 5.10 Å². The minimum absolute atomic E-state index is 0.126. The molecule has 1 aromatic heterocycles. The molecule has 1 aliphatic rings. The van der Waals surface area contributed by atoms with E-state index in [1.807, 2.05) is 16.9 Å². The first-order valence-corrected chi connectivity index (χ1v) is 7.08. The van der Waals surface area contributed by atoms with Crippen LogP contribution in [0, 0.1) is 0 Å². The van der Waals surface area contributed by atoms with Gasteiger partial charge >= 0.3 is 0 Å². The number of amides is 2. The molecule has 5 heteroatoms. The zero-order chi connectivity index (χ0) is 15.9. The minimum Gasteiger partial charge on any atom is -0.288 e. The molecule has 0 spiro atoms. The average Bonchev–Trinajstić information content (AvgIpc) is 2.92. The van der Waals surface area contributed by atoms with Crippen molar-refractivity contribution >= 4 is 23.5 Å². The van der Waals surface area contributed by atoms with Crippen LogP contribution in [0.3, 0.4) is 0 Å². The van der Waals surface area contributed by atoms with Crippen LogP contribution in [0.25, 0.3) is 11.6 Å². The van der Waals surface area contributed by atoms with E-state index >= 15 is 0 Å². The summed E-state index contributed by atoms with van der Waals surface area (Å²) in [7, 11) is 0. The van der Waals surface area contributed by atoms with E-state index in [-0.39, 0.29) is 17.4 Å². The number of fused-ring (bicyclic) bond motifs is 1. The Labute approximate surface area is 128 Å². The van der Waals surface area contributed by atoms with Crippen LogP contribution in [0.2, 0.25) is 0 Å². The number of carbonyl (C=O) groups excluding carboxylic acids is 2. The number of benzene rings is 1. The van der Waals surface area contributed by atoms with Crippen molar-refractivity contribution in [1.82, 2.24) is 15.1 Å². The third-order valence-corrected chi connectivity index (χ3v) is 3.53. The molecule has 0 unspecified atom stereocenters. The highest BCUT2D eigenvalue weighted by molar-refractivity contribution is 6.33. The van der Waals surface area contributed by atoms with Gasteiger partial charge in [0.05, 0.1) is 11.7 Å². The zero-order valence-electron chi connectivity index (χ0n) is 12.8. The Morgan fingerprint density at radius 3 is 2.41 bits per heavy atom. The lowest BCUT2D eigenvalue weighted by Crippen LogP contribution is -2.36. The molecule has 2 aromatic rings. The van der Waals surface area contributed by atoms with E-state index in [1.165, 1.54) is 0 Å². The first-order chi connectivity index (χ1) is 10.4. The molecule has 0 radical (unpaired) electrons. The fourth-order valence-corrected chi connectivity index (χ4v) is 2.36. The van der Waals surface area contributed by atoms with Gasteiger partial charge in [0.15, 0.2) is 0 Å². The number of carbonyl (C=O) groups is 2. The van der Waals surface area contributed by atoms with Gasteiger partial charge in [-0.1, -0.05) is 18.2 Å². The van der Waals surface area contributed by atoms with Gasteiger partial charge in [0.2, 0.25) is 0 Å². The van der Waals surface area contributed by atoms with Gasteiger partial charge in [-0.3, -0.25) is 19.6 Å².